The van der Waals surface area contributed by atoms with E-state index >= 15 is 0 Å². The van der Waals surface area contributed by atoms with Gasteiger partial charge in [-0.2, -0.15) is 0 Å². The molecule has 1 aromatic carbocycles. The smallest absolute Gasteiger partial charge is 0.352 e. The summed E-state index contributed by atoms with van der Waals surface area (Å²) in [5.74, 6) is 1.13. The van der Waals surface area contributed by atoms with Crippen LogP contribution in [0.15, 0.2) is 24.0 Å². The molecule has 1 fully saturated rings. The molecule has 7 heteroatoms. The van der Waals surface area contributed by atoms with Crippen LogP contribution in [0.4, 0.5) is 0 Å². The second kappa shape index (κ2) is 16.2. The molecule has 7 nitrogen and oxygen atoms in total. The van der Waals surface area contributed by atoms with E-state index in [-0.39, 0.29) is 11.9 Å². The fourth-order valence-corrected chi connectivity index (χ4v) is 9.11. The minimum Gasteiger partial charge on any atom is -0.493 e. The van der Waals surface area contributed by atoms with Crippen molar-refractivity contribution in [2.24, 2.45) is 11.8 Å². The van der Waals surface area contributed by atoms with Gasteiger partial charge < -0.3 is 24.1 Å². The van der Waals surface area contributed by atoms with Gasteiger partial charge in [0.25, 0.3) is 0 Å². The molecule has 2 bridgehead atoms. The fraction of sp³-hybridized carbons (Fsp3) is 0.750. The number of methoxy groups -OCH3 is 1. The highest BCUT2D eigenvalue weighted by Crippen LogP contribution is 2.68. The normalized spacial score (nSPS) is 27.3. The number of benzene rings is 1. The van der Waals surface area contributed by atoms with Crippen LogP contribution in [0.2, 0.25) is 0 Å². The first kappa shape index (κ1) is 35.8. The van der Waals surface area contributed by atoms with Crippen molar-refractivity contribution < 1.29 is 33.6 Å². The summed E-state index contributed by atoms with van der Waals surface area (Å²) in [4.78, 5) is 25.8. The van der Waals surface area contributed by atoms with Crippen LogP contribution >= 0.6 is 0 Å². The van der Waals surface area contributed by atoms with Crippen molar-refractivity contribution in [3.05, 3.63) is 35.1 Å². The average molecular weight is 653 g/mol. The Morgan fingerprint density at radius 2 is 1.57 bits per heavy atom. The number of hydrogen-bond acceptors (Lipinski definition) is 7. The van der Waals surface area contributed by atoms with Crippen LogP contribution in [-0.4, -0.2) is 42.0 Å². The van der Waals surface area contributed by atoms with Gasteiger partial charge in [0.2, 0.25) is 0 Å². The predicted octanol–water partition coefficient (Wildman–Crippen LogP) is 9.05. The van der Waals surface area contributed by atoms with E-state index in [2.05, 4.69) is 19.9 Å². The SMILES string of the molecule is CCCCCCCCCCCCCCCCCC(=O)O[C@@H](C)C(=O)OC1=CC[C@@]2(O)[C@H]3Cc4ccc(OC)c5c4[C@@]2(CCC3C)[C@H]1O5. The van der Waals surface area contributed by atoms with E-state index < -0.39 is 29.2 Å². The molecule has 47 heavy (non-hydrogen) atoms. The largest absolute Gasteiger partial charge is 0.493 e. The summed E-state index contributed by atoms with van der Waals surface area (Å²) in [5.41, 5.74) is 0.482. The topological polar surface area (TPSA) is 91.3 Å². The highest BCUT2D eigenvalue weighted by molar-refractivity contribution is 5.80. The van der Waals surface area contributed by atoms with Gasteiger partial charge in [-0.3, -0.25) is 4.79 Å². The quantitative estimate of drug-likeness (QED) is 0.111. The second-order valence-electron chi connectivity index (χ2n) is 14.9. The average Bonchev–Trinajstić information content (AvgIpc) is 3.42. The highest BCUT2D eigenvalue weighted by Gasteiger charge is 2.72. The molecule has 0 aromatic heterocycles. The zero-order chi connectivity index (χ0) is 33.4. The van der Waals surface area contributed by atoms with Gasteiger partial charge in [-0.15, -0.1) is 0 Å². The van der Waals surface area contributed by atoms with E-state index in [1.165, 1.54) is 82.6 Å². The molecule has 1 aromatic rings. The number of ether oxygens (including phenoxy) is 4. The van der Waals surface area contributed by atoms with Crippen molar-refractivity contribution in [3.8, 4) is 11.5 Å². The van der Waals surface area contributed by atoms with Crippen LogP contribution in [0, 0.1) is 11.8 Å². The van der Waals surface area contributed by atoms with Crippen LogP contribution in [0.25, 0.3) is 0 Å². The van der Waals surface area contributed by atoms with Gasteiger partial charge in [0.15, 0.2) is 23.7 Å². The summed E-state index contributed by atoms with van der Waals surface area (Å²) < 4.78 is 23.7. The molecule has 1 N–H and O–H groups in total. The van der Waals surface area contributed by atoms with E-state index in [1.54, 1.807) is 14.0 Å². The molecule has 1 aliphatic heterocycles. The third-order valence-electron chi connectivity index (χ3n) is 11.8. The molecule has 1 unspecified atom stereocenters. The van der Waals surface area contributed by atoms with Crippen LogP contribution < -0.4 is 9.47 Å². The van der Waals surface area contributed by atoms with E-state index in [1.807, 2.05) is 12.1 Å². The maximum absolute atomic E-state index is 13.2. The van der Waals surface area contributed by atoms with Gasteiger partial charge in [0.05, 0.1) is 18.1 Å². The number of carbonyl (C=O) groups excluding carboxylic acids is 2. The number of hydrogen-bond donors (Lipinski definition) is 1. The van der Waals surface area contributed by atoms with Gasteiger partial charge in [0, 0.05) is 12.0 Å². The molecule has 4 aliphatic rings. The van der Waals surface area contributed by atoms with Crippen molar-refractivity contribution in [2.45, 2.75) is 172 Å². The van der Waals surface area contributed by atoms with Crippen LogP contribution in [0.1, 0.15) is 154 Å². The van der Waals surface area contributed by atoms with Crippen molar-refractivity contribution in [2.75, 3.05) is 7.11 Å². The molecule has 1 heterocycles. The predicted molar refractivity (Wildman–Crippen MR) is 184 cm³/mol. The minimum atomic E-state index is -1.03. The Kier molecular flexibility index (Phi) is 12.4. The summed E-state index contributed by atoms with van der Waals surface area (Å²) in [6.45, 7) is 6.06. The molecule has 3 aliphatic carbocycles. The lowest BCUT2D eigenvalue weighted by molar-refractivity contribution is -0.176. The Morgan fingerprint density at radius 3 is 2.19 bits per heavy atom. The van der Waals surface area contributed by atoms with Gasteiger partial charge in [-0.05, 0) is 68.6 Å². The van der Waals surface area contributed by atoms with E-state index in [0.29, 0.717) is 36.0 Å². The summed E-state index contributed by atoms with van der Waals surface area (Å²) in [6.07, 6.45) is 22.3. The van der Waals surface area contributed by atoms with Crippen LogP contribution in [-0.2, 0) is 30.9 Å². The monoisotopic (exact) mass is 652 g/mol. The van der Waals surface area contributed by atoms with Gasteiger partial charge in [0.1, 0.15) is 5.76 Å². The summed E-state index contributed by atoms with van der Waals surface area (Å²) >= 11 is 0. The Morgan fingerprint density at radius 1 is 0.957 bits per heavy atom. The molecular weight excluding hydrogens is 592 g/mol. The molecule has 1 saturated carbocycles. The van der Waals surface area contributed by atoms with Crippen molar-refractivity contribution >= 4 is 11.9 Å². The maximum atomic E-state index is 13.2. The fourth-order valence-electron chi connectivity index (χ4n) is 9.11. The molecular formula is C40H60O7. The Bertz CT molecular complexity index is 1260. The van der Waals surface area contributed by atoms with E-state index in [0.717, 1.165) is 44.1 Å². The number of esters is 2. The Balaban J connectivity index is 1.03. The molecule has 0 radical (unpaired) electrons. The molecule has 6 atom stereocenters. The standard InChI is InChI=1S/C40H60O7/c1-5-6-7-8-9-10-11-12-13-14-15-16-17-18-19-20-34(41)45-29(3)38(42)46-33-24-26-40(43)31-27-30-21-22-32(44-4)36-35(30)39(40,37(33)47-36)25-23-28(31)2/h21-22,24,28-29,31,37,43H,5-20,23,25-27H2,1-4H3/t28?,29-,31-,37-,39-,40+/m0/s1. The van der Waals surface area contributed by atoms with E-state index in [4.69, 9.17) is 18.9 Å². The number of carbonyl (C=O) groups is 2. The van der Waals surface area contributed by atoms with Crippen molar-refractivity contribution in [1.29, 1.82) is 0 Å². The summed E-state index contributed by atoms with van der Waals surface area (Å²) in [5, 5.41) is 12.4. The van der Waals surface area contributed by atoms with Crippen LogP contribution in [0.3, 0.4) is 0 Å². The van der Waals surface area contributed by atoms with Crippen molar-refractivity contribution in [3.63, 3.8) is 0 Å². The zero-order valence-corrected chi connectivity index (χ0v) is 29.6. The minimum absolute atomic E-state index is 0.0855. The highest BCUT2D eigenvalue weighted by atomic mass is 16.6. The number of aliphatic hydroxyl groups is 1. The number of unbranched alkanes of at least 4 members (excludes halogenated alkanes) is 14. The van der Waals surface area contributed by atoms with Gasteiger partial charge >= 0.3 is 11.9 Å². The lowest BCUT2D eigenvalue weighted by Crippen LogP contribution is -2.69. The van der Waals surface area contributed by atoms with Gasteiger partial charge in [-0.25, -0.2) is 4.79 Å². The summed E-state index contributed by atoms with van der Waals surface area (Å²) in [7, 11) is 1.62. The van der Waals surface area contributed by atoms with Crippen molar-refractivity contribution in [1.82, 2.24) is 0 Å². The third-order valence-corrected chi connectivity index (χ3v) is 11.8. The summed E-state index contributed by atoms with van der Waals surface area (Å²) in [6, 6.07) is 4.03. The first-order valence-corrected chi connectivity index (χ1v) is 19.0. The first-order chi connectivity index (χ1) is 22.8. The first-order valence-electron chi connectivity index (χ1n) is 19.0. The maximum Gasteiger partial charge on any atom is 0.352 e. The number of rotatable bonds is 20. The molecule has 5 rings (SSSR count). The zero-order valence-electron chi connectivity index (χ0n) is 29.6. The molecule has 0 saturated heterocycles. The lowest BCUT2D eigenvalue weighted by atomic mass is 9.45. The molecule has 0 amide bonds. The Hall–Kier alpha value is -2.54. The second-order valence-corrected chi connectivity index (χ2v) is 14.9. The van der Waals surface area contributed by atoms with Gasteiger partial charge in [-0.1, -0.05) is 110 Å². The van der Waals surface area contributed by atoms with E-state index in [9.17, 15) is 14.7 Å². The Labute approximate surface area is 283 Å². The molecule has 1 spiro atoms. The third kappa shape index (κ3) is 7.40. The lowest BCUT2D eigenvalue weighted by Gasteiger charge is -2.61. The van der Waals surface area contributed by atoms with Crippen LogP contribution in [0.5, 0.6) is 11.5 Å². The molecule has 262 valence electrons.